The van der Waals surface area contributed by atoms with Crippen LogP contribution in [-0.2, 0) is 19.6 Å². The van der Waals surface area contributed by atoms with E-state index in [4.69, 9.17) is 0 Å². The number of hydrogen-bond donors (Lipinski definition) is 2. The first-order valence-corrected chi connectivity index (χ1v) is 10.0. The van der Waals surface area contributed by atoms with E-state index in [0.717, 1.165) is 4.31 Å². The van der Waals surface area contributed by atoms with E-state index < -0.39 is 16.1 Å². The molecule has 2 N–H and O–H groups in total. The lowest BCUT2D eigenvalue weighted by atomic mass is 10.1. The van der Waals surface area contributed by atoms with Crippen molar-refractivity contribution in [2.75, 3.05) is 33.0 Å². The highest BCUT2D eigenvalue weighted by Gasteiger charge is 2.23. The largest absolute Gasteiger partial charge is 0.350 e. The fourth-order valence-electron chi connectivity index (χ4n) is 2.21. The highest BCUT2D eigenvalue weighted by atomic mass is 32.2. The SMILES string of the molecule is C[C@@H](C(=O)Nc1cccc(S(=O)(=O)N(C)C)c1)N(C)CC(=O)NC(C)(C)C. The van der Waals surface area contributed by atoms with E-state index in [1.165, 1.54) is 26.2 Å². The normalized spacial score (nSPS) is 13.5. The van der Waals surface area contributed by atoms with Crippen LogP contribution in [0.5, 0.6) is 0 Å². The Kier molecular flexibility index (Phi) is 7.53. The Hall–Kier alpha value is -1.97. The van der Waals surface area contributed by atoms with Crippen LogP contribution in [0, 0.1) is 0 Å². The molecule has 0 fully saturated rings. The molecule has 0 spiro atoms. The first kappa shape index (κ1) is 23.1. The number of nitrogens with one attached hydrogen (secondary N) is 2. The van der Waals surface area contributed by atoms with Crippen LogP contribution in [0.15, 0.2) is 29.2 Å². The fourth-order valence-corrected chi connectivity index (χ4v) is 3.16. The summed E-state index contributed by atoms with van der Waals surface area (Å²) in [6.45, 7) is 7.41. The smallest absolute Gasteiger partial charge is 0.242 e. The Balaban J connectivity index is 2.80. The van der Waals surface area contributed by atoms with E-state index in [-0.39, 0.29) is 28.8 Å². The van der Waals surface area contributed by atoms with Crippen LogP contribution in [-0.4, -0.2) is 68.7 Å². The lowest BCUT2D eigenvalue weighted by Crippen LogP contribution is -2.49. The van der Waals surface area contributed by atoms with Crippen molar-refractivity contribution in [3.8, 4) is 0 Å². The number of amides is 2. The highest BCUT2D eigenvalue weighted by molar-refractivity contribution is 7.89. The minimum Gasteiger partial charge on any atom is -0.350 e. The number of carbonyl (C=O) groups is 2. The van der Waals surface area contributed by atoms with Crippen molar-refractivity contribution in [1.82, 2.24) is 14.5 Å². The van der Waals surface area contributed by atoms with Gasteiger partial charge in [0.05, 0.1) is 17.5 Å². The van der Waals surface area contributed by atoms with Gasteiger partial charge in [-0.05, 0) is 52.9 Å². The zero-order chi connectivity index (χ0) is 21.0. The minimum absolute atomic E-state index is 0.0703. The summed E-state index contributed by atoms with van der Waals surface area (Å²) in [6.07, 6.45) is 0. The Morgan fingerprint density at radius 3 is 2.26 bits per heavy atom. The van der Waals surface area contributed by atoms with Gasteiger partial charge < -0.3 is 10.6 Å². The molecule has 27 heavy (non-hydrogen) atoms. The van der Waals surface area contributed by atoms with Gasteiger partial charge in [0.2, 0.25) is 21.8 Å². The van der Waals surface area contributed by atoms with Crippen LogP contribution in [0.1, 0.15) is 27.7 Å². The molecule has 0 saturated heterocycles. The summed E-state index contributed by atoms with van der Waals surface area (Å²) in [7, 11) is 0.983. The Morgan fingerprint density at radius 1 is 1.15 bits per heavy atom. The molecular weight excluding hydrogens is 368 g/mol. The molecule has 0 aliphatic carbocycles. The van der Waals surface area contributed by atoms with Crippen molar-refractivity contribution in [1.29, 1.82) is 0 Å². The summed E-state index contributed by atoms with van der Waals surface area (Å²) in [5.74, 6) is -0.510. The first-order valence-electron chi connectivity index (χ1n) is 8.59. The van der Waals surface area contributed by atoms with E-state index in [0.29, 0.717) is 5.69 Å². The molecule has 0 bridgehead atoms. The second kappa shape index (κ2) is 8.81. The van der Waals surface area contributed by atoms with Crippen molar-refractivity contribution in [2.24, 2.45) is 0 Å². The molecule has 0 heterocycles. The van der Waals surface area contributed by atoms with Gasteiger partial charge in [0, 0.05) is 25.3 Å². The second-order valence-electron chi connectivity index (χ2n) is 7.69. The molecule has 0 aliphatic heterocycles. The van der Waals surface area contributed by atoms with Crippen molar-refractivity contribution in [3.63, 3.8) is 0 Å². The Labute approximate surface area is 162 Å². The summed E-state index contributed by atoms with van der Waals surface area (Å²) >= 11 is 0. The van der Waals surface area contributed by atoms with Crippen LogP contribution >= 0.6 is 0 Å². The van der Waals surface area contributed by atoms with E-state index >= 15 is 0 Å². The van der Waals surface area contributed by atoms with E-state index in [1.54, 1.807) is 31.0 Å². The maximum atomic E-state index is 12.5. The molecule has 0 aliphatic rings. The molecule has 1 rings (SSSR count). The Bertz CT molecular complexity index is 785. The third-order valence-electron chi connectivity index (χ3n) is 3.83. The molecule has 1 aromatic carbocycles. The number of nitrogens with zero attached hydrogens (tertiary/aromatic N) is 2. The summed E-state index contributed by atoms with van der Waals surface area (Å²) in [6, 6.07) is 5.48. The second-order valence-corrected chi connectivity index (χ2v) is 9.85. The van der Waals surface area contributed by atoms with Crippen molar-refractivity contribution in [2.45, 2.75) is 44.2 Å². The van der Waals surface area contributed by atoms with Crippen LogP contribution < -0.4 is 10.6 Å². The molecular formula is C18H30N4O4S. The van der Waals surface area contributed by atoms with Gasteiger partial charge in [-0.25, -0.2) is 12.7 Å². The lowest BCUT2D eigenvalue weighted by Gasteiger charge is -2.26. The van der Waals surface area contributed by atoms with Crippen molar-refractivity contribution >= 4 is 27.5 Å². The summed E-state index contributed by atoms with van der Waals surface area (Å²) in [5.41, 5.74) is 0.0317. The van der Waals surface area contributed by atoms with Crippen LogP contribution in [0.25, 0.3) is 0 Å². The summed E-state index contributed by atoms with van der Waals surface area (Å²) in [5, 5.41) is 5.54. The first-order chi connectivity index (χ1) is 12.2. The van der Waals surface area contributed by atoms with Crippen molar-refractivity contribution < 1.29 is 18.0 Å². The van der Waals surface area contributed by atoms with Gasteiger partial charge in [0.15, 0.2) is 0 Å². The summed E-state index contributed by atoms with van der Waals surface area (Å²) < 4.78 is 25.5. The van der Waals surface area contributed by atoms with Gasteiger partial charge in [0.25, 0.3) is 0 Å². The minimum atomic E-state index is -3.59. The molecule has 152 valence electrons. The molecule has 2 amide bonds. The average molecular weight is 399 g/mol. The monoisotopic (exact) mass is 398 g/mol. The zero-order valence-corrected chi connectivity index (χ0v) is 17.8. The lowest BCUT2D eigenvalue weighted by molar-refractivity contribution is -0.125. The molecule has 1 aromatic rings. The number of likely N-dealkylation sites (N-methyl/N-ethyl adjacent to an activating group) is 1. The number of hydrogen-bond acceptors (Lipinski definition) is 5. The predicted molar refractivity (Wildman–Crippen MR) is 106 cm³/mol. The predicted octanol–water partition coefficient (Wildman–Crippen LogP) is 1.11. The van der Waals surface area contributed by atoms with Crippen LogP contribution in [0.2, 0.25) is 0 Å². The number of rotatable bonds is 7. The van der Waals surface area contributed by atoms with Gasteiger partial charge in [-0.2, -0.15) is 0 Å². The third kappa shape index (κ3) is 6.93. The van der Waals surface area contributed by atoms with Gasteiger partial charge in [-0.3, -0.25) is 14.5 Å². The maximum Gasteiger partial charge on any atom is 0.242 e. The number of benzene rings is 1. The number of carbonyl (C=O) groups excluding carboxylic acids is 2. The molecule has 0 saturated carbocycles. The molecule has 9 heteroatoms. The average Bonchev–Trinajstić information content (AvgIpc) is 2.52. The quantitative estimate of drug-likeness (QED) is 0.717. The van der Waals surface area contributed by atoms with Crippen LogP contribution in [0.4, 0.5) is 5.69 Å². The molecule has 0 unspecified atom stereocenters. The van der Waals surface area contributed by atoms with E-state index in [2.05, 4.69) is 10.6 Å². The fraction of sp³-hybridized carbons (Fsp3) is 0.556. The van der Waals surface area contributed by atoms with Crippen molar-refractivity contribution in [3.05, 3.63) is 24.3 Å². The van der Waals surface area contributed by atoms with Gasteiger partial charge in [-0.1, -0.05) is 6.07 Å². The number of sulfonamides is 1. The maximum absolute atomic E-state index is 12.5. The Morgan fingerprint density at radius 2 is 1.74 bits per heavy atom. The molecule has 8 nitrogen and oxygen atoms in total. The van der Waals surface area contributed by atoms with E-state index in [9.17, 15) is 18.0 Å². The topological polar surface area (TPSA) is 98.8 Å². The van der Waals surface area contributed by atoms with Crippen LogP contribution in [0.3, 0.4) is 0 Å². The summed E-state index contributed by atoms with van der Waals surface area (Å²) in [4.78, 5) is 26.2. The molecule has 0 radical (unpaired) electrons. The standard InChI is InChI=1S/C18H30N4O4S/c1-13(22(7)12-16(23)20-18(2,3)4)17(24)19-14-9-8-10-15(11-14)27(25,26)21(5)6/h8-11,13H,12H2,1-7H3,(H,19,24)(H,20,23)/t13-/m0/s1. The third-order valence-corrected chi connectivity index (χ3v) is 5.64. The van der Waals surface area contributed by atoms with E-state index in [1.807, 2.05) is 20.8 Å². The highest BCUT2D eigenvalue weighted by Crippen LogP contribution is 2.18. The molecule has 1 atom stereocenters. The van der Waals surface area contributed by atoms with Gasteiger partial charge in [0.1, 0.15) is 0 Å². The van der Waals surface area contributed by atoms with Gasteiger partial charge in [-0.15, -0.1) is 0 Å². The van der Waals surface area contributed by atoms with Gasteiger partial charge >= 0.3 is 0 Å². The number of anilines is 1. The molecule has 0 aromatic heterocycles. The zero-order valence-electron chi connectivity index (χ0n) is 17.0.